The number of hydrogen-bond donors (Lipinski definition) is 0. The Hall–Kier alpha value is -0.0900. The topological polar surface area (TPSA) is 37.4 Å². The summed E-state index contributed by atoms with van der Waals surface area (Å²) >= 11 is 0. The molecular weight excluding hydrogens is 210 g/mol. The van der Waals surface area contributed by atoms with Crippen molar-refractivity contribution in [2.45, 2.75) is 40.0 Å². The summed E-state index contributed by atoms with van der Waals surface area (Å²) in [6.07, 6.45) is 4.60. The Morgan fingerprint density at radius 1 is 1.33 bits per heavy atom. The molecule has 0 aromatic carbocycles. The number of sulfonamides is 1. The zero-order valence-electron chi connectivity index (χ0n) is 10.3. The van der Waals surface area contributed by atoms with Crippen molar-refractivity contribution in [3.05, 3.63) is 0 Å². The molecule has 3 nitrogen and oxygen atoms in total. The predicted octanol–water partition coefficient (Wildman–Crippen LogP) is 2.09. The first kappa shape index (κ1) is 13.0. The Kier molecular flexibility index (Phi) is 3.82. The van der Waals surface area contributed by atoms with E-state index in [1.807, 2.05) is 0 Å². The Bertz CT molecular complexity index is 303. The van der Waals surface area contributed by atoms with Crippen LogP contribution in [0.4, 0.5) is 0 Å². The molecule has 0 aromatic rings. The van der Waals surface area contributed by atoms with Gasteiger partial charge in [0.05, 0.1) is 6.26 Å². The van der Waals surface area contributed by atoms with Crippen molar-refractivity contribution in [3.8, 4) is 0 Å². The molecule has 0 amide bonds. The molecule has 1 aliphatic heterocycles. The number of hydrogen-bond acceptors (Lipinski definition) is 2. The van der Waals surface area contributed by atoms with E-state index in [4.69, 9.17) is 0 Å². The number of piperidine rings is 1. The lowest BCUT2D eigenvalue weighted by Crippen LogP contribution is -2.40. The molecule has 0 saturated carbocycles. The second-order valence-electron chi connectivity index (χ2n) is 5.89. The molecule has 1 atom stereocenters. The third-order valence-electron chi connectivity index (χ3n) is 2.85. The molecular formula is C11H23NO2S. The molecule has 0 spiro atoms. The summed E-state index contributed by atoms with van der Waals surface area (Å²) < 4.78 is 24.5. The zero-order valence-corrected chi connectivity index (χ0v) is 11.1. The Morgan fingerprint density at radius 3 is 2.40 bits per heavy atom. The first-order chi connectivity index (χ1) is 6.68. The van der Waals surface area contributed by atoms with Crippen LogP contribution in [0.2, 0.25) is 0 Å². The van der Waals surface area contributed by atoms with Gasteiger partial charge in [0, 0.05) is 13.1 Å². The van der Waals surface area contributed by atoms with E-state index in [1.165, 1.54) is 12.7 Å². The van der Waals surface area contributed by atoms with Gasteiger partial charge < -0.3 is 0 Å². The summed E-state index contributed by atoms with van der Waals surface area (Å²) in [5, 5.41) is 0. The maximum absolute atomic E-state index is 11.4. The van der Waals surface area contributed by atoms with Crippen LogP contribution in [0, 0.1) is 11.3 Å². The average molecular weight is 233 g/mol. The molecule has 4 heteroatoms. The molecule has 1 fully saturated rings. The minimum Gasteiger partial charge on any atom is -0.213 e. The van der Waals surface area contributed by atoms with Crippen molar-refractivity contribution in [3.63, 3.8) is 0 Å². The van der Waals surface area contributed by atoms with Crippen LogP contribution in [0.3, 0.4) is 0 Å². The molecule has 0 aromatic heterocycles. The van der Waals surface area contributed by atoms with Crippen LogP contribution < -0.4 is 0 Å². The van der Waals surface area contributed by atoms with Gasteiger partial charge in [-0.2, -0.15) is 0 Å². The molecule has 1 saturated heterocycles. The van der Waals surface area contributed by atoms with E-state index in [-0.39, 0.29) is 0 Å². The molecule has 1 aliphatic rings. The molecule has 0 bridgehead atoms. The largest absolute Gasteiger partial charge is 0.213 e. The fraction of sp³-hybridized carbons (Fsp3) is 1.00. The second kappa shape index (κ2) is 4.42. The molecule has 0 aliphatic carbocycles. The molecule has 1 heterocycles. The second-order valence-corrected chi connectivity index (χ2v) is 7.88. The standard InChI is InChI=1S/C11H23NO2S/c1-11(2,3)8-10-6-5-7-12(9-10)15(4,13)14/h10H,5-9H2,1-4H3. The highest BCUT2D eigenvalue weighted by molar-refractivity contribution is 7.88. The monoisotopic (exact) mass is 233 g/mol. The first-order valence-corrected chi connectivity index (χ1v) is 7.48. The van der Waals surface area contributed by atoms with Crippen LogP contribution in [0.5, 0.6) is 0 Å². The van der Waals surface area contributed by atoms with Crippen molar-refractivity contribution < 1.29 is 8.42 Å². The average Bonchev–Trinajstić information content (AvgIpc) is 1.99. The van der Waals surface area contributed by atoms with Crippen LogP contribution in [0.25, 0.3) is 0 Å². The number of rotatable bonds is 2. The molecule has 1 unspecified atom stereocenters. The summed E-state index contributed by atoms with van der Waals surface area (Å²) in [6.45, 7) is 8.07. The highest BCUT2D eigenvalue weighted by Crippen LogP contribution is 2.30. The predicted molar refractivity (Wildman–Crippen MR) is 63.2 cm³/mol. The van der Waals surface area contributed by atoms with E-state index in [2.05, 4.69) is 20.8 Å². The molecule has 0 N–H and O–H groups in total. The summed E-state index contributed by atoms with van der Waals surface area (Å²) in [5.41, 5.74) is 0.297. The normalized spacial score (nSPS) is 25.5. The van der Waals surface area contributed by atoms with E-state index >= 15 is 0 Å². The van der Waals surface area contributed by atoms with Crippen LogP contribution in [-0.2, 0) is 10.0 Å². The highest BCUT2D eigenvalue weighted by Gasteiger charge is 2.28. The van der Waals surface area contributed by atoms with E-state index in [1.54, 1.807) is 4.31 Å². The fourth-order valence-electron chi connectivity index (χ4n) is 2.36. The smallest absolute Gasteiger partial charge is 0.211 e. The van der Waals surface area contributed by atoms with E-state index in [0.29, 0.717) is 17.9 Å². The lowest BCUT2D eigenvalue weighted by molar-refractivity contribution is 0.201. The molecule has 0 radical (unpaired) electrons. The minimum atomic E-state index is -2.98. The maximum Gasteiger partial charge on any atom is 0.211 e. The zero-order chi connectivity index (χ0) is 11.7. The van der Waals surface area contributed by atoms with Gasteiger partial charge in [0.25, 0.3) is 0 Å². The van der Waals surface area contributed by atoms with Crippen LogP contribution in [-0.4, -0.2) is 32.1 Å². The van der Waals surface area contributed by atoms with Crippen LogP contribution in [0.1, 0.15) is 40.0 Å². The highest BCUT2D eigenvalue weighted by atomic mass is 32.2. The van der Waals surface area contributed by atoms with E-state index in [0.717, 1.165) is 19.4 Å². The van der Waals surface area contributed by atoms with Gasteiger partial charge in [-0.1, -0.05) is 20.8 Å². The van der Waals surface area contributed by atoms with Gasteiger partial charge in [0.1, 0.15) is 0 Å². The SMILES string of the molecule is CC(C)(C)CC1CCCN(S(C)(=O)=O)C1. The van der Waals surface area contributed by atoms with Gasteiger partial charge in [0.15, 0.2) is 0 Å². The van der Waals surface area contributed by atoms with Crippen molar-refractivity contribution in [1.82, 2.24) is 4.31 Å². The molecule has 15 heavy (non-hydrogen) atoms. The van der Waals surface area contributed by atoms with Gasteiger partial charge in [-0.05, 0) is 30.6 Å². The van der Waals surface area contributed by atoms with E-state index < -0.39 is 10.0 Å². The Morgan fingerprint density at radius 2 is 1.93 bits per heavy atom. The summed E-state index contributed by atoms with van der Waals surface area (Å²) in [7, 11) is -2.98. The van der Waals surface area contributed by atoms with Gasteiger partial charge in [-0.3, -0.25) is 0 Å². The van der Waals surface area contributed by atoms with Gasteiger partial charge in [-0.15, -0.1) is 0 Å². The first-order valence-electron chi connectivity index (χ1n) is 5.63. The van der Waals surface area contributed by atoms with Crippen LogP contribution in [0.15, 0.2) is 0 Å². The Balaban J connectivity index is 2.57. The lowest BCUT2D eigenvalue weighted by Gasteiger charge is -2.34. The van der Waals surface area contributed by atoms with Crippen molar-refractivity contribution >= 4 is 10.0 Å². The summed E-state index contributed by atoms with van der Waals surface area (Å²) in [4.78, 5) is 0. The minimum absolute atomic E-state index is 0.297. The van der Waals surface area contributed by atoms with E-state index in [9.17, 15) is 8.42 Å². The summed E-state index contributed by atoms with van der Waals surface area (Å²) in [6, 6.07) is 0. The van der Waals surface area contributed by atoms with Crippen LogP contribution >= 0.6 is 0 Å². The van der Waals surface area contributed by atoms with Crippen molar-refractivity contribution in [2.24, 2.45) is 11.3 Å². The lowest BCUT2D eigenvalue weighted by atomic mass is 9.81. The van der Waals surface area contributed by atoms with Gasteiger partial charge in [0.2, 0.25) is 10.0 Å². The molecule has 1 rings (SSSR count). The Labute approximate surface area is 93.9 Å². The third kappa shape index (κ3) is 4.51. The van der Waals surface area contributed by atoms with Crippen molar-refractivity contribution in [2.75, 3.05) is 19.3 Å². The number of nitrogens with zero attached hydrogens (tertiary/aromatic N) is 1. The third-order valence-corrected chi connectivity index (χ3v) is 4.12. The van der Waals surface area contributed by atoms with Gasteiger partial charge >= 0.3 is 0 Å². The molecule has 90 valence electrons. The maximum atomic E-state index is 11.4. The van der Waals surface area contributed by atoms with Gasteiger partial charge in [-0.25, -0.2) is 12.7 Å². The summed E-state index contributed by atoms with van der Waals surface area (Å²) in [5.74, 6) is 0.536. The fourth-order valence-corrected chi connectivity index (χ4v) is 3.30. The van der Waals surface area contributed by atoms with Crippen molar-refractivity contribution in [1.29, 1.82) is 0 Å². The quantitative estimate of drug-likeness (QED) is 0.732.